The minimum atomic E-state index is -1.14. The van der Waals surface area contributed by atoms with Crippen LogP contribution in [0, 0.1) is 0 Å². The molecule has 7 heteroatoms. The quantitative estimate of drug-likeness (QED) is 0.595. The number of carboxylic acid groups (broad SMARTS) is 1. The number of carbonyl (C=O) groups excluding carboxylic acids is 1. The Bertz CT molecular complexity index is 236. The number of hydrogen-bond acceptors (Lipinski definition) is 4. The first-order valence-corrected chi connectivity index (χ1v) is 3.89. The van der Waals surface area contributed by atoms with Crippen LogP contribution < -0.4 is 5.73 Å². The van der Waals surface area contributed by atoms with E-state index in [1.165, 1.54) is 7.11 Å². The SMILES string of the molecule is COC(=O)C1CC(N)CN1C(=O)O.Cl. The molecule has 1 saturated heterocycles. The van der Waals surface area contributed by atoms with Gasteiger partial charge in [0.15, 0.2) is 0 Å². The van der Waals surface area contributed by atoms with Gasteiger partial charge < -0.3 is 15.6 Å². The topological polar surface area (TPSA) is 92.9 Å². The number of methoxy groups -OCH3 is 1. The average Bonchev–Trinajstić information content (AvgIpc) is 2.46. The number of rotatable bonds is 1. The van der Waals surface area contributed by atoms with E-state index >= 15 is 0 Å². The molecule has 0 aromatic heterocycles. The van der Waals surface area contributed by atoms with Crippen molar-refractivity contribution in [3.8, 4) is 0 Å². The van der Waals surface area contributed by atoms with Crippen LogP contribution in [0.2, 0.25) is 0 Å². The Morgan fingerprint density at radius 3 is 2.57 bits per heavy atom. The molecule has 1 amide bonds. The number of amides is 1. The van der Waals surface area contributed by atoms with Crippen LogP contribution >= 0.6 is 12.4 Å². The molecule has 82 valence electrons. The highest BCUT2D eigenvalue weighted by molar-refractivity contribution is 5.85. The second-order valence-electron chi connectivity index (χ2n) is 2.97. The normalized spacial score (nSPS) is 25.4. The minimum absolute atomic E-state index is 0. The Kier molecular flexibility index (Phi) is 4.65. The van der Waals surface area contributed by atoms with Crippen LogP contribution in [0.4, 0.5) is 4.79 Å². The molecule has 0 aliphatic carbocycles. The Labute approximate surface area is 87.4 Å². The van der Waals surface area contributed by atoms with Crippen LogP contribution in [0.3, 0.4) is 0 Å². The van der Waals surface area contributed by atoms with Crippen LogP contribution in [0.5, 0.6) is 0 Å². The lowest BCUT2D eigenvalue weighted by Gasteiger charge is -2.18. The Morgan fingerprint density at radius 1 is 1.57 bits per heavy atom. The fraction of sp³-hybridized carbons (Fsp3) is 0.714. The molecule has 1 fully saturated rings. The number of esters is 1. The highest BCUT2D eigenvalue weighted by Gasteiger charge is 2.38. The summed E-state index contributed by atoms with van der Waals surface area (Å²) in [5, 5.41) is 8.71. The van der Waals surface area contributed by atoms with E-state index in [-0.39, 0.29) is 25.0 Å². The van der Waals surface area contributed by atoms with Crippen LogP contribution in [0.25, 0.3) is 0 Å². The van der Waals surface area contributed by atoms with Gasteiger partial charge in [-0.2, -0.15) is 0 Å². The van der Waals surface area contributed by atoms with E-state index in [0.717, 1.165) is 4.90 Å². The van der Waals surface area contributed by atoms with Gasteiger partial charge in [0.1, 0.15) is 6.04 Å². The van der Waals surface area contributed by atoms with Crippen LogP contribution in [-0.2, 0) is 9.53 Å². The number of carbonyl (C=O) groups is 2. The molecule has 3 N–H and O–H groups in total. The van der Waals surface area contributed by atoms with Gasteiger partial charge >= 0.3 is 12.1 Å². The standard InChI is InChI=1S/C7H12N2O4.ClH/c1-13-6(10)5-2-4(8)3-9(5)7(11)12;/h4-5H,2-3,8H2,1H3,(H,11,12);1H. The summed E-state index contributed by atoms with van der Waals surface area (Å²) >= 11 is 0. The fourth-order valence-electron chi connectivity index (χ4n) is 1.44. The molecule has 6 nitrogen and oxygen atoms in total. The number of nitrogens with zero attached hydrogens (tertiary/aromatic N) is 1. The number of ether oxygens (including phenoxy) is 1. The number of likely N-dealkylation sites (tertiary alicyclic amines) is 1. The first-order valence-electron chi connectivity index (χ1n) is 3.89. The van der Waals surface area contributed by atoms with Gasteiger partial charge in [-0.05, 0) is 6.42 Å². The van der Waals surface area contributed by atoms with Gasteiger partial charge in [0.2, 0.25) is 0 Å². The second kappa shape index (κ2) is 5.02. The van der Waals surface area contributed by atoms with Gasteiger partial charge in [-0.3, -0.25) is 4.90 Å². The van der Waals surface area contributed by atoms with Crippen molar-refractivity contribution >= 4 is 24.5 Å². The highest BCUT2D eigenvalue weighted by Crippen LogP contribution is 2.17. The summed E-state index contributed by atoms with van der Waals surface area (Å²) in [5.41, 5.74) is 5.53. The molecule has 2 unspecified atom stereocenters. The van der Waals surface area contributed by atoms with Crippen molar-refractivity contribution in [1.82, 2.24) is 4.90 Å². The third-order valence-electron chi connectivity index (χ3n) is 2.05. The zero-order chi connectivity index (χ0) is 10.0. The minimum Gasteiger partial charge on any atom is -0.467 e. The van der Waals surface area contributed by atoms with Gasteiger partial charge in [-0.25, -0.2) is 9.59 Å². The molecule has 1 aliphatic rings. The fourth-order valence-corrected chi connectivity index (χ4v) is 1.44. The van der Waals surface area contributed by atoms with Crippen LogP contribution in [-0.4, -0.2) is 47.8 Å². The second-order valence-corrected chi connectivity index (χ2v) is 2.97. The molecule has 2 atom stereocenters. The van der Waals surface area contributed by atoms with Crippen molar-refractivity contribution in [2.75, 3.05) is 13.7 Å². The van der Waals surface area contributed by atoms with Gasteiger partial charge in [-0.1, -0.05) is 0 Å². The van der Waals surface area contributed by atoms with Gasteiger partial charge in [0.05, 0.1) is 7.11 Å². The molecule has 0 aromatic rings. The lowest BCUT2D eigenvalue weighted by molar-refractivity contribution is -0.145. The lowest BCUT2D eigenvalue weighted by atomic mass is 10.2. The molecule has 1 rings (SSSR count). The van der Waals surface area contributed by atoms with Gasteiger partial charge in [-0.15, -0.1) is 12.4 Å². The third-order valence-corrected chi connectivity index (χ3v) is 2.05. The Balaban J connectivity index is 0.00000169. The maximum absolute atomic E-state index is 11.1. The molecule has 0 aromatic carbocycles. The van der Waals surface area contributed by atoms with Crippen LogP contribution in [0.15, 0.2) is 0 Å². The van der Waals surface area contributed by atoms with Crippen molar-refractivity contribution < 1.29 is 19.4 Å². The molecular weight excluding hydrogens is 212 g/mol. The summed E-state index contributed by atoms with van der Waals surface area (Å²) < 4.78 is 4.46. The van der Waals surface area contributed by atoms with Crippen molar-refractivity contribution in [2.24, 2.45) is 5.73 Å². The maximum Gasteiger partial charge on any atom is 0.408 e. The monoisotopic (exact) mass is 224 g/mol. The first kappa shape index (κ1) is 13.0. The van der Waals surface area contributed by atoms with Gasteiger partial charge in [0, 0.05) is 12.6 Å². The van der Waals surface area contributed by atoms with E-state index in [0.29, 0.717) is 6.42 Å². The van der Waals surface area contributed by atoms with E-state index in [9.17, 15) is 9.59 Å². The van der Waals surface area contributed by atoms with E-state index in [2.05, 4.69) is 4.74 Å². The van der Waals surface area contributed by atoms with Crippen molar-refractivity contribution in [3.05, 3.63) is 0 Å². The van der Waals surface area contributed by atoms with E-state index in [4.69, 9.17) is 10.8 Å². The van der Waals surface area contributed by atoms with Crippen LogP contribution in [0.1, 0.15) is 6.42 Å². The summed E-state index contributed by atoms with van der Waals surface area (Å²) in [7, 11) is 1.23. The zero-order valence-corrected chi connectivity index (χ0v) is 8.49. The third kappa shape index (κ3) is 2.49. The molecule has 1 aliphatic heterocycles. The summed E-state index contributed by atoms with van der Waals surface area (Å²) in [4.78, 5) is 22.7. The molecule has 0 bridgehead atoms. The maximum atomic E-state index is 11.1. The summed E-state index contributed by atoms with van der Waals surface area (Å²) in [6.07, 6.45) is -0.803. The van der Waals surface area contributed by atoms with E-state index in [1.807, 2.05) is 0 Å². The largest absolute Gasteiger partial charge is 0.467 e. The smallest absolute Gasteiger partial charge is 0.408 e. The van der Waals surface area contributed by atoms with Gasteiger partial charge in [0.25, 0.3) is 0 Å². The molecule has 0 saturated carbocycles. The first-order chi connectivity index (χ1) is 6.06. The van der Waals surface area contributed by atoms with Crippen molar-refractivity contribution in [2.45, 2.75) is 18.5 Å². The summed E-state index contributed by atoms with van der Waals surface area (Å²) in [6.45, 7) is 0.190. The molecule has 1 heterocycles. The summed E-state index contributed by atoms with van der Waals surface area (Å²) in [5.74, 6) is -0.546. The lowest BCUT2D eigenvalue weighted by Crippen LogP contribution is -2.40. The van der Waals surface area contributed by atoms with Crippen molar-refractivity contribution in [3.63, 3.8) is 0 Å². The zero-order valence-electron chi connectivity index (χ0n) is 7.67. The number of nitrogens with two attached hydrogens (primary N) is 1. The molecular formula is C7H13ClN2O4. The Morgan fingerprint density at radius 2 is 2.14 bits per heavy atom. The number of halogens is 1. The highest BCUT2D eigenvalue weighted by atomic mass is 35.5. The van der Waals surface area contributed by atoms with E-state index < -0.39 is 18.1 Å². The predicted octanol–water partition coefficient (Wildman–Crippen LogP) is -0.339. The Hall–Kier alpha value is -1.01. The number of hydrogen-bond donors (Lipinski definition) is 2. The summed E-state index contributed by atoms with van der Waals surface area (Å²) in [6, 6.07) is -1.02. The van der Waals surface area contributed by atoms with Crippen molar-refractivity contribution in [1.29, 1.82) is 0 Å². The molecule has 14 heavy (non-hydrogen) atoms. The predicted molar refractivity (Wildman–Crippen MR) is 50.4 cm³/mol. The van der Waals surface area contributed by atoms with E-state index in [1.54, 1.807) is 0 Å². The molecule has 0 spiro atoms. The average molecular weight is 225 g/mol. The molecule has 0 radical (unpaired) electrons.